The molecule has 1 saturated heterocycles. The highest BCUT2D eigenvalue weighted by Crippen LogP contribution is 2.07. The zero-order chi connectivity index (χ0) is 11.4. The maximum absolute atomic E-state index is 11.0. The standard InChI is InChI=1S/C12H18N2O2/c1-9(7-11-3-2-6-16-11)14-10-4-5-12(15)13-8-10/h2-3,6,9-10,14H,4-5,7-8H2,1H3,(H,13,15). The van der Waals surface area contributed by atoms with Crippen LogP contribution in [0.15, 0.2) is 22.8 Å². The van der Waals surface area contributed by atoms with Gasteiger partial charge in [-0.1, -0.05) is 0 Å². The van der Waals surface area contributed by atoms with Gasteiger partial charge in [-0.15, -0.1) is 0 Å². The molecule has 2 N–H and O–H groups in total. The van der Waals surface area contributed by atoms with Gasteiger partial charge in [0.05, 0.1) is 6.26 Å². The van der Waals surface area contributed by atoms with Crippen LogP contribution in [0.2, 0.25) is 0 Å². The highest BCUT2D eigenvalue weighted by atomic mass is 16.3. The van der Waals surface area contributed by atoms with Crippen molar-refractivity contribution in [1.82, 2.24) is 10.6 Å². The zero-order valence-corrected chi connectivity index (χ0v) is 9.53. The molecule has 0 aromatic carbocycles. The molecule has 0 saturated carbocycles. The maximum atomic E-state index is 11.0. The Balaban J connectivity index is 1.74. The van der Waals surface area contributed by atoms with Crippen molar-refractivity contribution in [2.24, 2.45) is 0 Å². The third kappa shape index (κ3) is 3.10. The van der Waals surface area contributed by atoms with Crippen molar-refractivity contribution >= 4 is 5.91 Å². The van der Waals surface area contributed by atoms with E-state index in [0.29, 0.717) is 18.5 Å². The monoisotopic (exact) mass is 222 g/mol. The van der Waals surface area contributed by atoms with Crippen molar-refractivity contribution < 1.29 is 9.21 Å². The van der Waals surface area contributed by atoms with Gasteiger partial charge in [-0.3, -0.25) is 4.79 Å². The van der Waals surface area contributed by atoms with E-state index in [-0.39, 0.29) is 5.91 Å². The minimum Gasteiger partial charge on any atom is -0.469 e. The van der Waals surface area contributed by atoms with Crippen molar-refractivity contribution in [3.8, 4) is 0 Å². The van der Waals surface area contributed by atoms with Crippen LogP contribution in [0.4, 0.5) is 0 Å². The highest BCUT2D eigenvalue weighted by molar-refractivity contribution is 5.76. The third-order valence-corrected chi connectivity index (χ3v) is 2.87. The summed E-state index contributed by atoms with van der Waals surface area (Å²) in [4.78, 5) is 11.0. The molecule has 1 amide bonds. The summed E-state index contributed by atoms with van der Waals surface area (Å²) in [5, 5.41) is 6.37. The van der Waals surface area contributed by atoms with E-state index in [2.05, 4.69) is 17.6 Å². The first-order chi connectivity index (χ1) is 7.74. The Morgan fingerprint density at radius 2 is 2.56 bits per heavy atom. The lowest BCUT2D eigenvalue weighted by atomic mass is 10.1. The van der Waals surface area contributed by atoms with E-state index in [1.54, 1.807) is 6.26 Å². The Labute approximate surface area is 95.4 Å². The molecule has 4 heteroatoms. The van der Waals surface area contributed by atoms with Crippen molar-refractivity contribution in [1.29, 1.82) is 0 Å². The predicted molar refractivity (Wildman–Crippen MR) is 61.0 cm³/mol. The van der Waals surface area contributed by atoms with Crippen LogP contribution >= 0.6 is 0 Å². The molecule has 1 aliphatic rings. The number of rotatable bonds is 4. The molecule has 1 aromatic heterocycles. The van der Waals surface area contributed by atoms with Crippen molar-refractivity contribution in [3.63, 3.8) is 0 Å². The molecule has 0 bridgehead atoms. The van der Waals surface area contributed by atoms with Crippen molar-refractivity contribution in [2.45, 2.75) is 38.3 Å². The van der Waals surface area contributed by atoms with E-state index in [1.165, 1.54) is 0 Å². The van der Waals surface area contributed by atoms with Gasteiger partial charge in [-0.2, -0.15) is 0 Å². The van der Waals surface area contributed by atoms with Crippen molar-refractivity contribution in [2.75, 3.05) is 6.54 Å². The van der Waals surface area contributed by atoms with E-state index in [0.717, 1.165) is 25.1 Å². The predicted octanol–water partition coefficient (Wildman–Crippen LogP) is 1.08. The van der Waals surface area contributed by atoms with Crippen LogP contribution < -0.4 is 10.6 Å². The van der Waals surface area contributed by atoms with E-state index < -0.39 is 0 Å². The minimum atomic E-state index is 0.164. The number of piperidine rings is 1. The minimum absolute atomic E-state index is 0.164. The lowest BCUT2D eigenvalue weighted by Gasteiger charge is -2.26. The van der Waals surface area contributed by atoms with Gasteiger partial charge >= 0.3 is 0 Å². The average molecular weight is 222 g/mol. The summed E-state index contributed by atoms with van der Waals surface area (Å²) >= 11 is 0. The van der Waals surface area contributed by atoms with Gasteiger partial charge in [-0.25, -0.2) is 0 Å². The van der Waals surface area contributed by atoms with E-state index in [1.807, 2.05) is 12.1 Å². The first kappa shape index (κ1) is 11.2. The third-order valence-electron chi connectivity index (χ3n) is 2.87. The second kappa shape index (κ2) is 5.16. The summed E-state index contributed by atoms with van der Waals surface area (Å²) in [5.41, 5.74) is 0. The SMILES string of the molecule is CC(Cc1ccco1)NC1CCC(=O)NC1. The largest absolute Gasteiger partial charge is 0.469 e. The van der Waals surface area contributed by atoms with Crippen LogP contribution in [-0.4, -0.2) is 24.5 Å². The smallest absolute Gasteiger partial charge is 0.220 e. The average Bonchev–Trinajstić information content (AvgIpc) is 2.74. The van der Waals surface area contributed by atoms with E-state index >= 15 is 0 Å². The molecule has 0 spiro atoms. The Hall–Kier alpha value is -1.29. The van der Waals surface area contributed by atoms with Gasteiger partial charge in [-0.05, 0) is 25.5 Å². The van der Waals surface area contributed by atoms with Crippen LogP contribution in [-0.2, 0) is 11.2 Å². The summed E-state index contributed by atoms with van der Waals surface area (Å²) in [7, 11) is 0. The molecule has 2 rings (SSSR count). The first-order valence-electron chi connectivity index (χ1n) is 5.79. The van der Waals surface area contributed by atoms with Gasteiger partial charge in [0.2, 0.25) is 5.91 Å². The Bertz CT molecular complexity index is 325. The van der Waals surface area contributed by atoms with Crippen LogP contribution in [0.25, 0.3) is 0 Å². The molecule has 2 heterocycles. The topological polar surface area (TPSA) is 54.3 Å². The number of hydrogen-bond acceptors (Lipinski definition) is 3. The number of amides is 1. The van der Waals surface area contributed by atoms with Crippen LogP contribution in [0.1, 0.15) is 25.5 Å². The maximum Gasteiger partial charge on any atom is 0.220 e. The van der Waals surface area contributed by atoms with Gasteiger partial charge in [0.15, 0.2) is 0 Å². The molecule has 1 fully saturated rings. The van der Waals surface area contributed by atoms with Gasteiger partial charge in [0.1, 0.15) is 5.76 Å². The highest BCUT2D eigenvalue weighted by Gasteiger charge is 2.19. The summed E-state index contributed by atoms with van der Waals surface area (Å²) in [6.45, 7) is 2.88. The van der Waals surface area contributed by atoms with Gasteiger partial charge < -0.3 is 15.1 Å². The summed E-state index contributed by atoms with van der Waals surface area (Å²) in [6, 6.07) is 4.65. The zero-order valence-electron chi connectivity index (χ0n) is 9.53. The van der Waals surface area contributed by atoms with Crippen LogP contribution in [0, 0.1) is 0 Å². The summed E-state index contributed by atoms with van der Waals surface area (Å²) in [5.74, 6) is 1.16. The van der Waals surface area contributed by atoms with Crippen LogP contribution in [0.5, 0.6) is 0 Å². The summed E-state index contributed by atoms with van der Waals surface area (Å²) < 4.78 is 5.30. The fourth-order valence-electron chi connectivity index (χ4n) is 2.07. The fourth-order valence-corrected chi connectivity index (χ4v) is 2.07. The lowest BCUT2D eigenvalue weighted by molar-refractivity contribution is -0.122. The Morgan fingerprint density at radius 1 is 1.69 bits per heavy atom. The number of carbonyl (C=O) groups excluding carboxylic acids is 1. The first-order valence-corrected chi connectivity index (χ1v) is 5.79. The molecular formula is C12H18N2O2. The van der Waals surface area contributed by atoms with Crippen LogP contribution in [0.3, 0.4) is 0 Å². The number of nitrogens with one attached hydrogen (secondary N) is 2. The Kier molecular flexibility index (Phi) is 3.62. The second-order valence-corrected chi connectivity index (χ2v) is 4.39. The molecule has 2 atom stereocenters. The molecular weight excluding hydrogens is 204 g/mol. The molecule has 16 heavy (non-hydrogen) atoms. The quantitative estimate of drug-likeness (QED) is 0.801. The molecule has 2 unspecified atom stereocenters. The normalized spacial score (nSPS) is 22.8. The lowest BCUT2D eigenvalue weighted by Crippen LogP contribution is -2.48. The van der Waals surface area contributed by atoms with E-state index in [9.17, 15) is 4.79 Å². The number of carbonyl (C=O) groups is 1. The molecule has 0 aliphatic carbocycles. The second-order valence-electron chi connectivity index (χ2n) is 4.39. The fraction of sp³-hybridized carbons (Fsp3) is 0.583. The Morgan fingerprint density at radius 3 is 3.19 bits per heavy atom. The van der Waals surface area contributed by atoms with Gasteiger partial charge in [0.25, 0.3) is 0 Å². The number of hydrogen-bond donors (Lipinski definition) is 2. The molecule has 1 aromatic rings. The molecule has 1 aliphatic heterocycles. The van der Waals surface area contributed by atoms with E-state index in [4.69, 9.17) is 4.42 Å². The number of furan rings is 1. The molecule has 88 valence electrons. The van der Waals surface area contributed by atoms with Gasteiger partial charge in [0, 0.05) is 31.5 Å². The summed E-state index contributed by atoms with van der Waals surface area (Å²) in [6.07, 6.45) is 4.14. The molecule has 0 radical (unpaired) electrons. The molecule has 4 nitrogen and oxygen atoms in total. The van der Waals surface area contributed by atoms with Crippen molar-refractivity contribution in [3.05, 3.63) is 24.2 Å².